The molecule has 2 aromatic carbocycles. The highest BCUT2D eigenvalue weighted by Crippen LogP contribution is 2.23. The van der Waals surface area contributed by atoms with Crippen LogP contribution in [0.4, 0.5) is 5.69 Å². The van der Waals surface area contributed by atoms with Crippen LogP contribution < -0.4 is 10.1 Å². The van der Waals surface area contributed by atoms with Crippen molar-refractivity contribution < 1.29 is 19.1 Å². The van der Waals surface area contributed by atoms with Gasteiger partial charge in [-0.05, 0) is 71.2 Å². The summed E-state index contributed by atoms with van der Waals surface area (Å²) < 4.78 is 10.7. The number of benzene rings is 2. The molecular formula is C18H18BrNO4. The van der Waals surface area contributed by atoms with Crippen molar-refractivity contribution in [2.45, 2.75) is 13.8 Å². The van der Waals surface area contributed by atoms with Gasteiger partial charge in [-0.3, -0.25) is 4.79 Å². The fraction of sp³-hybridized carbons (Fsp3) is 0.222. The first-order valence-corrected chi connectivity index (χ1v) is 8.07. The lowest BCUT2D eigenvalue weighted by atomic mass is 10.1. The summed E-state index contributed by atoms with van der Waals surface area (Å²) >= 11 is 3.28. The largest absolute Gasteiger partial charge is 0.497 e. The Labute approximate surface area is 149 Å². The molecule has 2 rings (SSSR count). The number of hydrogen-bond donors (Lipinski definition) is 1. The quantitative estimate of drug-likeness (QED) is 0.785. The van der Waals surface area contributed by atoms with Crippen molar-refractivity contribution in [2.24, 2.45) is 0 Å². The smallest absolute Gasteiger partial charge is 0.339 e. The fourth-order valence-electron chi connectivity index (χ4n) is 2.24. The van der Waals surface area contributed by atoms with Gasteiger partial charge in [0, 0.05) is 10.2 Å². The highest BCUT2D eigenvalue weighted by Gasteiger charge is 2.15. The molecule has 1 N–H and O–H groups in total. The second-order valence-corrected chi connectivity index (χ2v) is 6.20. The predicted molar refractivity (Wildman–Crippen MR) is 95.5 cm³/mol. The lowest BCUT2D eigenvalue weighted by Crippen LogP contribution is -2.21. The maximum absolute atomic E-state index is 12.1. The van der Waals surface area contributed by atoms with Crippen LogP contribution in [0.2, 0.25) is 0 Å². The number of aryl methyl sites for hydroxylation is 2. The van der Waals surface area contributed by atoms with Gasteiger partial charge in [0.2, 0.25) is 0 Å². The van der Waals surface area contributed by atoms with Crippen LogP contribution in [0.25, 0.3) is 0 Å². The molecule has 0 atom stereocenters. The Morgan fingerprint density at radius 3 is 2.38 bits per heavy atom. The van der Waals surface area contributed by atoms with E-state index in [2.05, 4.69) is 21.2 Å². The lowest BCUT2D eigenvalue weighted by molar-refractivity contribution is -0.119. The van der Waals surface area contributed by atoms with Gasteiger partial charge in [-0.1, -0.05) is 6.07 Å². The number of carbonyl (C=O) groups is 2. The van der Waals surface area contributed by atoms with E-state index < -0.39 is 11.9 Å². The van der Waals surface area contributed by atoms with E-state index in [0.717, 1.165) is 11.1 Å². The SMILES string of the molecule is COc1ccc(Br)c(C(=O)OCC(=O)Nc2cc(C)cc(C)c2)c1. The Morgan fingerprint density at radius 2 is 1.75 bits per heavy atom. The molecule has 0 fully saturated rings. The molecule has 0 aliphatic rings. The number of methoxy groups -OCH3 is 1. The van der Waals surface area contributed by atoms with Crippen molar-refractivity contribution in [3.8, 4) is 5.75 Å². The van der Waals surface area contributed by atoms with E-state index in [1.54, 1.807) is 18.2 Å². The Hall–Kier alpha value is -2.34. The molecule has 5 nitrogen and oxygen atoms in total. The normalized spacial score (nSPS) is 10.2. The molecule has 0 spiro atoms. The number of ether oxygens (including phenoxy) is 2. The van der Waals surface area contributed by atoms with Crippen LogP contribution in [-0.2, 0) is 9.53 Å². The third-order valence-corrected chi connectivity index (χ3v) is 3.92. The Kier molecular flexibility index (Phi) is 5.98. The third-order valence-electron chi connectivity index (χ3n) is 3.23. The Morgan fingerprint density at radius 1 is 1.08 bits per heavy atom. The second kappa shape index (κ2) is 7.97. The van der Waals surface area contributed by atoms with Gasteiger partial charge >= 0.3 is 5.97 Å². The molecule has 2 aromatic rings. The van der Waals surface area contributed by atoms with E-state index in [1.807, 2.05) is 32.0 Å². The average molecular weight is 392 g/mol. The zero-order valence-electron chi connectivity index (χ0n) is 13.7. The molecule has 0 heterocycles. The van der Waals surface area contributed by atoms with E-state index in [4.69, 9.17) is 9.47 Å². The van der Waals surface area contributed by atoms with Gasteiger partial charge in [-0.25, -0.2) is 4.79 Å². The zero-order valence-corrected chi connectivity index (χ0v) is 15.3. The standard InChI is InChI=1S/C18H18BrNO4/c1-11-6-12(2)8-13(7-11)20-17(21)10-24-18(22)15-9-14(23-3)4-5-16(15)19/h4-9H,10H2,1-3H3,(H,20,21). The summed E-state index contributed by atoms with van der Waals surface area (Å²) in [5.41, 5.74) is 3.06. The molecule has 0 unspecified atom stereocenters. The molecule has 6 heteroatoms. The van der Waals surface area contributed by atoms with Crippen LogP contribution in [0.5, 0.6) is 5.75 Å². The van der Waals surface area contributed by atoms with Gasteiger partial charge in [0.05, 0.1) is 12.7 Å². The van der Waals surface area contributed by atoms with Crippen molar-refractivity contribution in [1.82, 2.24) is 0 Å². The summed E-state index contributed by atoms with van der Waals surface area (Å²) in [7, 11) is 1.51. The van der Waals surface area contributed by atoms with E-state index >= 15 is 0 Å². The van der Waals surface area contributed by atoms with E-state index in [9.17, 15) is 9.59 Å². The van der Waals surface area contributed by atoms with Gasteiger partial charge in [0.1, 0.15) is 5.75 Å². The van der Waals surface area contributed by atoms with E-state index in [1.165, 1.54) is 7.11 Å². The molecule has 24 heavy (non-hydrogen) atoms. The van der Waals surface area contributed by atoms with Crippen molar-refractivity contribution in [1.29, 1.82) is 0 Å². The minimum absolute atomic E-state index is 0.300. The van der Waals surface area contributed by atoms with Crippen LogP contribution in [0.1, 0.15) is 21.5 Å². The van der Waals surface area contributed by atoms with Crippen LogP contribution in [-0.4, -0.2) is 25.6 Å². The van der Waals surface area contributed by atoms with E-state index in [-0.39, 0.29) is 6.61 Å². The molecule has 0 bridgehead atoms. The monoisotopic (exact) mass is 391 g/mol. The topological polar surface area (TPSA) is 64.6 Å². The number of amides is 1. The minimum atomic E-state index is -0.601. The van der Waals surface area contributed by atoms with E-state index in [0.29, 0.717) is 21.5 Å². The number of esters is 1. The zero-order chi connectivity index (χ0) is 17.7. The molecule has 0 aliphatic heterocycles. The first-order chi connectivity index (χ1) is 11.4. The summed E-state index contributed by atoms with van der Waals surface area (Å²) in [5, 5.41) is 2.72. The fourth-order valence-corrected chi connectivity index (χ4v) is 2.65. The van der Waals surface area contributed by atoms with Crippen molar-refractivity contribution in [2.75, 3.05) is 19.0 Å². The van der Waals surface area contributed by atoms with Gasteiger partial charge in [-0.15, -0.1) is 0 Å². The Balaban J connectivity index is 1.97. The summed E-state index contributed by atoms with van der Waals surface area (Å²) in [6, 6.07) is 10.7. The molecule has 0 saturated carbocycles. The van der Waals surface area contributed by atoms with Crippen LogP contribution >= 0.6 is 15.9 Å². The first-order valence-electron chi connectivity index (χ1n) is 7.28. The molecule has 0 aromatic heterocycles. The second-order valence-electron chi connectivity index (χ2n) is 5.35. The number of halogens is 1. The Bertz CT molecular complexity index is 753. The maximum Gasteiger partial charge on any atom is 0.339 e. The van der Waals surface area contributed by atoms with Gasteiger partial charge in [-0.2, -0.15) is 0 Å². The average Bonchev–Trinajstić information content (AvgIpc) is 2.52. The number of hydrogen-bond acceptors (Lipinski definition) is 4. The van der Waals surface area contributed by atoms with Crippen LogP contribution in [0, 0.1) is 13.8 Å². The summed E-state index contributed by atoms with van der Waals surface area (Å²) in [6.45, 7) is 3.53. The van der Waals surface area contributed by atoms with Crippen LogP contribution in [0.15, 0.2) is 40.9 Å². The lowest BCUT2D eigenvalue weighted by Gasteiger charge is -2.09. The number of anilines is 1. The number of carbonyl (C=O) groups excluding carboxylic acids is 2. The van der Waals surface area contributed by atoms with Crippen LogP contribution in [0.3, 0.4) is 0 Å². The van der Waals surface area contributed by atoms with Gasteiger partial charge < -0.3 is 14.8 Å². The summed E-state index contributed by atoms with van der Waals surface area (Å²) in [4.78, 5) is 24.1. The highest BCUT2D eigenvalue weighted by molar-refractivity contribution is 9.10. The van der Waals surface area contributed by atoms with Crippen molar-refractivity contribution in [3.63, 3.8) is 0 Å². The number of nitrogens with one attached hydrogen (secondary N) is 1. The highest BCUT2D eigenvalue weighted by atomic mass is 79.9. The molecule has 126 valence electrons. The minimum Gasteiger partial charge on any atom is -0.497 e. The molecule has 0 saturated heterocycles. The summed E-state index contributed by atoms with van der Waals surface area (Å²) in [5.74, 6) is -0.464. The van der Waals surface area contributed by atoms with Gasteiger partial charge in [0.25, 0.3) is 5.91 Å². The van der Waals surface area contributed by atoms with Gasteiger partial charge in [0.15, 0.2) is 6.61 Å². The van der Waals surface area contributed by atoms with Crippen molar-refractivity contribution in [3.05, 3.63) is 57.6 Å². The first kappa shape index (κ1) is 18.0. The third kappa shape index (κ3) is 4.83. The molecular weight excluding hydrogens is 374 g/mol. The molecule has 0 radical (unpaired) electrons. The molecule has 1 amide bonds. The maximum atomic E-state index is 12.1. The summed E-state index contributed by atoms with van der Waals surface area (Å²) in [6.07, 6.45) is 0. The predicted octanol–water partition coefficient (Wildman–Crippen LogP) is 3.87. The molecule has 0 aliphatic carbocycles. The van der Waals surface area contributed by atoms with Crippen molar-refractivity contribution >= 4 is 33.5 Å². The number of rotatable bonds is 5.